The van der Waals surface area contributed by atoms with Gasteiger partial charge in [0.05, 0.1) is 11.8 Å². The summed E-state index contributed by atoms with van der Waals surface area (Å²) >= 11 is 0. The molecular formula is C9H6F2O2. The van der Waals surface area contributed by atoms with Gasteiger partial charge in [0.25, 0.3) is 0 Å². The van der Waals surface area contributed by atoms with Gasteiger partial charge in [-0.05, 0) is 6.08 Å². The van der Waals surface area contributed by atoms with Crippen molar-refractivity contribution in [2.24, 2.45) is 0 Å². The van der Waals surface area contributed by atoms with Crippen LogP contribution in [0.25, 0.3) is 0 Å². The molecule has 2 nitrogen and oxygen atoms in total. The summed E-state index contributed by atoms with van der Waals surface area (Å²) in [5.41, 5.74) is -0.0242. The van der Waals surface area contributed by atoms with E-state index in [-0.39, 0.29) is 11.3 Å². The van der Waals surface area contributed by atoms with Gasteiger partial charge in [0.1, 0.15) is 23.5 Å². The molecule has 0 aliphatic carbocycles. The lowest BCUT2D eigenvalue weighted by Gasteiger charge is -2.16. The normalized spacial score (nSPS) is 19.5. The second-order valence-electron chi connectivity index (χ2n) is 2.69. The molecule has 1 aromatic carbocycles. The third-order valence-corrected chi connectivity index (χ3v) is 1.81. The highest BCUT2D eigenvalue weighted by Crippen LogP contribution is 2.32. The molecule has 0 saturated carbocycles. The number of benzene rings is 1. The molecule has 1 aliphatic heterocycles. The van der Waals surface area contributed by atoms with E-state index < -0.39 is 17.7 Å². The van der Waals surface area contributed by atoms with Crippen LogP contribution in [0.1, 0.15) is 11.7 Å². The van der Waals surface area contributed by atoms with Gasteiger partial charge >= 0.3 is 0 Å². The number of rotatable bonds is 0. The number of aliphatic hydroxyl groups excluding tert-OH is 1. The van der Waals surface area contributed by atoms with E-state index in [0.717, 1.165) is 6.07 Å². The average Bonchev–Trinajstić information content (AvgIpc) is 2.02. The number of ether oxygens (including phenoxy) is 1. The fraction of sp³-hybridized carbons (Fsp3) is 0.111. The van der Waals surface area contributed by atoms with Crippen LogP contribution < -0.4 is 4.74 Å². The van der Waals surface area contributed by atoms with Crippen LogP contribution in [-0.2, 0) is 0 Å². The molecule has 0 fully saturated rings. The third-order valence-electron chi connectivity index (χ3n) is 1.81. The zero-order chi connectivity index (χ0) is 9.42. The van der Waals surface area contributed by atoms with E-state index in [2.05, 4.69) is 0 Å². The predicted molar refractivity (Wildman–Crippen MR) is 41.1 cm³/mol. The van der Waals surface area contributed by atoms with Crippen molar-refractivity contribution < 1.29 is 18.6 Å². The first-order valence-electron chi connectivity index (χ1n) is 3.69. The molecule has 0 aromatic heterocycles. The van der Waals surface area contributed by atoms with Gasteiger partial charge in [-0.15, -0.1) is 0 Å². The summed E-state index contributed by atoms with van der Waals surface area (Å²) in [4.78, 5) is 0. The number of halogens is 2. The van der Waals surface area contributed by atoms with Crippen LogP contribution in [0.4, 0.5) is 8.78 Å². The van der Waals surface area contributed by atoms with Crippen molar-refractivity contribution in [1.82, 2.24) is 0 Å². The fourth-order valence-electron chi connectivity index (χ4n) is 1.23. The first-order chi connectivity index (χ1) is 6.18. The van der Waals surface area contributed by atoms with Gasteiger partial charge in [-0.1, -0.05) is 0 Å². The summed E-state index contributed by atoms with van der Waals surface area (Å²) in [5.74, 6) is -1.50. The van der Waals surface area contributed by atoms with Crippen molar-refractivity contribution in [1.29, 1.82) is 0 Å². The van der Waals surface area contributed by atoms with Crippen molar-refractivity contribution in [3.63, 3.8) is 0 Å². The monoisotopic (exact) mass is 184 g/mol. The zero-order valence-electron chi connectivity index (χ0n) is 6.50. The van der Waals surface area contributed by atoms with E-state index in [0.29, 0.717) is 6.07 Å². The van der Waals surface area contributed by atoms with Gasteiger partial charge in [-0.2, -0.15) is 0 Å². The van der Waals surface area contributed by atoms with Crippen molar-refractivity contribution in [2.45, 2.75) is 6.10 Å². The van der Waals surface area contributed by atoms with Crippen LogP contribution in [0.15, 0.2) is 24.5 Å². The Bertz CT molecular complexity index is 374. The maximum atomic E-state index is 13.1. The molecular weight excluding hydrogens is 178 g/mol. The summed E-state index contributed by atoms with van der Waals surface area (Å²) < 4.78 is 30.6. The maximum absolute atomic E-state index is 13.1. The molecule has 0 amide bonds. The minimum atomic E-state index is -1.07. The summed E-state index contributed by atoms with van der Waals surface area (Å²) in [6, 6.07) is 1.75. The quantitative estimate of drug-likeness (QED) is 0.667. The van der Waals surface area contributed by atoms with Gasteiger partial charge in [-0.25, -0.2) is 8.78 Å². The lowest BCUT2D eigenvalue weighted by Crippen LogP contribution is -2.06. The lowest BCUT2D eigenvalue weighted by atomic mass is 10.1. The molecule has 1 aromatic rings. The van der Waals surface area contributed by atoms with Crippen LogP contribution in [-0.4, -0.2) is 5.11 Å². The SMILES string of the molecule is O[C@@H]1C=COc2cc(F)cc(F)c21. The van der Waals surface area contributed by atoms with Crippen molar-refractivity contribution in [2.75, 3.05) is 0 Å². The van der Waals surface area contributed by atoms with E-state index >= 15 is 0 Å². The van der Waals surface area contributed by atoms with Gasteiger partial charge in [0.2, 0.25) is 0 Å². The Labute approximate surface area is 73.1 Å². The summed E-state index contributed by atoms with van der Waals surface area (Å²) in [5, 5.41) is 9.30. The van der Waals surface area contributed by atoms with Crippen molar-refractivity contribution in [3.8, 4) is 5.75 Å². The Morgan fingerprint density at radius 3 is 2.85 bits per heavy atom. The molecule has 0 unspecified atom stereocenters. The number of aliphatic hydroxyl groups is 1. The highest BCUT2D eigenvalue weighted by atomic mass is 19.1. The molecule has 1 heterocycles. The second kappa shape index (κ2) is 2.81. The molecule has 1 N–H and O–H groups in total. The predicted octanol–water partition coefficient (Wildman–Crippen LogP) is 1.90. The van der Waals surface area contributed by atoms with E-state index in [9.17, 15) is 13.9 Å². The van der Waals surface area contributed by atoms with Crippen molar-refractivity contribution in [3.05, 3.63) is 41.7 Å². The molecule has 13 heavy (non-hydrogen) atoms. The average molecular weight is 184 g/mol. The minimum absolute atomic E-state index is 0.0208. The van der Waals surface area contributed by atoms with Crippen LogP contribution in [0.5, 0.6) is 5.75 Å². The van der Waals surface area contributed by atoms with E-state index in [4.69, 9.17) is 4.74 Å². The van der Waals surface area contributed by atoms with Crippen LogP contribution in [0.3, 0.4) is 0 Å². The molecule has 2 rings (SSSR count). The van der Waals surface area contributed by atoms with Gasteiger partial charge in [-0.3, -0.25) is 0 Å². The highest BCUT2D eigenvalue weighted by Gasteiger charge is 2.20. The molecule has 0 radical (unpaired) electrons. The smallest absolute Gasteiger partial charge is 0.138 e. The Balaban J connectivity index is 2.61. The number of hydrogen-bond acceptors (Lipinski definition) is 2. The largest absolute Gasteiger partial charge is 0.465 e. The zero-order valence-corrected chi connectivity index (χ0v) is 6.50. The Kier molecular flexibility index (Phi) is 1.77. The van der Waals surface area contributed by atoms with E-state index in [1.807, 2.05) is 0 Å². The Morgan fingerprint density at radius 2 is 2.08 bits per heavy atom. The number of hydrogen-bond donors (Lipinski definition) is 1. The molecule has 68 valence electrons. The highest BCUT2D eigenvalue weighted by molar-refractivity contribution is 5.41. The second-order valence-corrected chi connectivity index (χ2v) is 2.69. The topological polar surface area (TPSA) is 29.5 Å². The maximum Gasteiger partial charge on any atom is 0.138 e. The molecule has 0 bridgehead atoms. The van der Waals surface area contributed by atoms with Crippen LogP contribution in [0, 0.1) is 11.6 Å². The van der Waals surface area contributed by atoms with E-state index in [1.54, 1.807) is 0 Å². The van der Waals surface area contributed by atoms with Gasteiger partial charge in [0, 0.05) is 12.1 Å². The molecule has 0 saturated heterocycles. The van der Waals surface area contributed by atoms with Crippen molar-refractivity contribution >= 4 is 0 Å². The summed E-state index contributed by atoms with van der Waals surface area (Å²) in [6.45, 7) is 0. The first-order valence-corrected chi connectivity index (χ1v) is 3.69. The standard InChI is InChI=1S/C9H6F2O2/c10-5-3-6(11)9-7(12)1-2-13-8(9)4-5/h1-4,7,12H/t7-/m1/s1. The molecule has 0 spiro atoms. The van der Waals surface area contributed by atoms with Gasteiger partial charge in [0.15, 0.2) is 0 Å². The Hall–Kier alpha value is -1.42. The minimum Gasteiger partial charge on any atom is -0.465 e. The van der Waals surface area contributed by atoms with Crippen LogP contribution in [0.2, 0.25) is 0 Å². The third kappa shape index (κ3) is 1.29. The van der Waals surface area contributed by atoms with Crippen LogP contribution >= 0.6 is 0 Å². The summed E-state index contributed by atoms with van der Waals surface area (Å²) in [7, 11) is 0. The van der Waals surface area contributed by atoms with Gasteiger partial charge < -0.3 is 9.84 Å². The fourth-order valence-corrected chi connectivity index (χ4v) is 1.23. The molecule has 1 aliphatic rings. The van der Waals surface area contributed by atoms with E-state index in [1.165, 1.54) is 12.3 Å². The molecule has 1 atom stereocenters. The first kappa shape index (κ1) is 8.19. The molecule has 4 heteroatoms. The lowest BCUT2D eigenvalue weighted by molar-refractivity contribution is 0.207. The Morgan fingerprint density at radius 1 is 1.31 bits per heavy atom. The summed E-state index contributed by atoms with van der Waals surface area (Å²) in [6.07, 6.45) is 1.42. The number of fused-ring (bicyclic) bond motifs is 1.